The molecule has 238 valence electrons. The van der Waals surface area contributed by atoms with Crippen LogP contribution in [0.25, 0.3) is 0 Å². The molecule has 3 saturated carbocycles. The molecule has 5 aliphatic rings. The Bertz CT molecular complexity index is 1630. The van der Waals surface area contributed by atoms with Crippen LogP contribution in [-0.4, -0.2) is 58.0 Å². The molecule has 10 atom stereocenters. The van der Waals surface area contributed by atoms with E-state index < -0.39 is 76.3 Å². The van der Waals surface area contributed by atoms with Crippen LogP contribution in [0.15, 0.2) is 82.1 Å². The van der Waals surface area contributed by atoms with Crippen LogP contribution in [0.3, 0.4) is 0 Å². The van der Waals surface area contributed by atoms with Gasteiger partial charge in [0, 0.05) is 37.8 Å². The first-order valence-corrected chi connectivity index (χ1v) is 16.2. The van der Waals surface area contributed by atoms with Gasteiger partial charge in [-0.1, -0.05) is 36.9 Å². The Labute approximate surface area is 264 Å². The van der Waals surface area contributed by atoms with Crippen LogP contribution in [0, 0.1) is 22.7 Å². The van der Waals surface area contributed by atoms with E-state index in [1.165, 1.54) is 19.1 Å². The number of aliphatic hydroxyl groups is 2. The second-order valence-corrected chi connectivity index (χ2v) is 14.9. The molecule has 4 aliphatic carbocycles. The van der Waals surface area contributed by atoms with Gasteiger partial charge in [0.1, 0.15) is 12.8 Å². The average molecular weight is 638 g/mol. The summed E-state index contributed by atoms with van der Waals surface area (Å²) in [5, 5.41) is 22.0. The maximum Gasteiger partial charge on any atom is 0.193 e. The van der Waals surface area contributed by atoms with E-state index in [4.69, 9.17) is 15.2 Å². The summed E-state index contributed by atoms with van der Waals surface area (Å²) < 4.78 is 46.8. The molecule has 0 aromatic heterocycles. The van der Waals surface area contributed by atoms with E-state index in [0.29, 0.717) is 11.3 Å². The summed E-state index contributed by atoms with van der Waals surface area (Å²) in [6.07, 6.45) is -0.560. The van der Waals surface area contributed by atoms with Gasteiger partial charge in [0.05, 0.1) is 12.2 Å². The fraction of sp³-hybridized carbons (Fsp3) is 0.486. The van der Waals surface area contributed by atoms with Gasteiger partial charge >= 0.3 is 0 Å². The van der Waals surface area contributed by atoms with Gasteiger partial charge in [0.25, 0.3) is 0 Å². The molecule has 10 heteroatoms. The lowest BCUT2D eigenvalue weighted by Gasteiger charge is -2.63. The van der Waals surface area contributed by atoms with Crippen molar-refractivity contribution < 1.29 is 38.1 Å². The average Bonchev–Trinajstić information content (AvgIpc) is 3.45. The molecule has 45 heavy (non-hydrogen) atoms. The Hall–Kier alpha value is -2.89. The molecular formula is C35H37F2NO6S. The van der Waals surface area contributed by atoms with Crippen molar-refractivity contribution in [3.8, 4) is 0 Å². The van der Waals surface area contributed by atoms with Crippen molar-refractivity contribution in [2.24, 2.45) is 22.7 Å². The van der Waals surface area contributed by atoms with Crippen molar-refractivity contribution in [2.45, 2.75) is 85.3 Å². The van der Waals surface area contributed by atoms with Gasteiger partial charge in [-0.25, -0.2) is 8.78 Å². The summed E-state index contributed by atoms with van der Waals surface area (Å²) in [5.41, 5.74) is 0.434. The van der Waals surface area contributed by atoms with Crippen LogP contribution in [-0.2, 0) is 24.8 Å². The molecule has 2 aromatic rings. The van der Waals surface area contributed by atoms with Crippen LogP contribution in [0.4, 0.5) is 14.5 Å². The Morgan fingerprint density at radius 3 is 2.33 bits per heavy atom. The van der Waals surface area contributed by atoms with Gasteiger partial charge in [-0.3, -0.25) is 9.59 Å². The van der Waals surface area contributed by atoms with E-state index in [-0.39, 0.29) is 24.8 Å². The number of rotatable bonds is 5. The number of Topliss-reactive ketones (excluding diaryl/α,β-unsaturated/α-hetero) is 1. The number of hydrogen-bond donors (Lipinski definition) is 3. The van der Waals surface area contributed by atoms with Crippen molar-refractivity contribution in [1.82, 2.24) is 0 Å². The first kappa shape index (κ1) is 30.7. The fourth-order valence-electron chi connectivity index (χ4n) is 9.39. The Kier molecular flexibility index (Phi) is 6.87. The van der Waals surface area contributed by atoms with Gasteiger partial charge in [0.2, 0.25) is 0 Å². The molecule has 0 amide bonds. The number of alkyl halides is 2. The van der Waals surface area contributed by atoms with E-state index in [9.17, 15) is 19.8 Å². The maximum absolute atomic E-state index is 17.6. The third kappa shape index (κ3) is 4.02. The monoisotopic (exact) mass is 637 g/mol. The maximum atomic E-state index is 17.6. The molecule has 1 heterocycles. The van der Waals surface area contributed by atoms with Gasteiger partial charge in [-0.05, 0) is 93.2 Å². The highest BCUT2D eigenvalue weighted by atomic mass is 32.2. The Morgan fingerprint density at radius 1 is 1.04 bits per heavy atom. The smallest absolute Gasteiger partial charge is 0.193 e. The molecule has 0 bridgehead atoms. The van der Waals surface area contributed by atoms with Gasteiger partial charge < -0.3 is 25.4 Å². The second kappa shape index (κ2) is 10.1. The van der Waals surface area contributed by atoms with Crippen LogP contribution in [0.5, 0.6) is 0 Å². The van der Waals surface area contributed by atoms with Crippen LogP contribution in [0.1, 0.15) is 45.6 Å². The molecule has 0 radical (unpaired) electrons. The number of hydrogen-bond acceptors (Lipinski definition) is 8. The lowest BCUT2D eigenvalue weighted by molar-refractivity contribution is -0.256. The summed E-state index contributed by atoms with van der Waals surface area (Å²) in [7, 11) is 0. The first-order valence-electron chi connectivity index (χ1n) is 15.3. The molecule has 0 unspecified atom stereocenters. The number of allylic oxidation sites excluding steroid dienone is 4. The quantitative estimate of drug-likeness (QED) is 0.381. The summed E-state index contributed by atoms with van der Waals surface area (Å²) >= 11 is 1.56. The molecule has 4 N–H and O–H groups in total. The lowest BCUT2D eigenvalue weighted by Crippen LogP contribution is -2.71. The minimum atomic E-state index is -2.30. The zero-order valence-electron chi connectivity index (χ0n) is 25.3. The van der Waals surface area contributed by atoms with Gasteiger partial charge in [-0.2, -0.15) is 0 Å². The SMILES string of the molecule is C[C@]1(c2ccc(Sc3ccc(N)cc3)cc2)O[C@@H]2C[C@H]3[C@@H]4C[C@H](F)C5=CC(=O)C=C[C@]5(C)[C@@]4(F)[C@@H](O)C[C@]3(C)[C@]2(C(=O)CO)O1. The number of ether oxygens (including phenoxy) is 2. The molecule has 1 saturated heterocycles. The normalized spacial score (nSPS) is 43.2. The number of anilines is 1. The number of aliphatic hydroxyl groups excluding tert-OH is 2. The number of carbonyl (C=O) groups is 2. The van der Waals surface area contributed by atoms with Crippen molar-refractivity contribution in [3.63, 3.8) is 0 Å². The van der Waals surface area contributed by atoms with Crippen molar-refractivity contribution in [2.75, 3.05) is 12.3 Å². The standard InChI is InChI=1S/C35H37F2NO6S/c1-31-13-12-21(40)14-26(31)27(36)15-25-24-16-30-35(29(42)18-39,32(24,2)17-28(41)34(25,31)37)44-33(3,43-30)19-4-8-22(9-5-19)45-23-10-6-20(38)7-11-23/h4-14,24-25,27-28,30,39,41H,15-18,38H2,1-3H3/t24-,25-,27-,28-,30+,31-,32-,33-,34-,35+/m0/s1. The van der Waals surface area contributed by atoms with E-state index >= 15 is 8.78 Å². The first-order chi connectivity index (χ1) is 21.2. The molecule has 2 aromatic carbocycles. The van der Waals surface area contributed by atoms with Crippen LogP contribution < -0.4 is 5.73 Å². The molecule has 0 spiro atoms. The number of fused-ring (bicyclic) bond motifs is 7. The van der Waals surface area contributed by atoms with E-state index in [2.05, 4.69) is 0 Å². The number of ketones is 2. The minimum Gasteiger partial charge on any atom is -0.399 e. The largest absolute Gasteiger partial charge is 0.399 e. The lowest BCUT2D eigenvalue weighted by atomic mass is 9.44. The van der Waals surface area contributed by atoms with Crippen LogP contribution >= 0.6 is 11.8 Å². The summed E-state index contributed by atoms with van der Waals surface area (Å²) in [6.45, 7) is 4.20. The number of halogens is 2. The van der Waals surface area contributed by atoms with E-state index in [1.807, 2.05) is 48.5 Å². The fourth-order valence-corrected chi connectivity index (χ4v) is 10.2. The molecule has 1 aliphatic heterocycles. The summed E-state index contributed by atoms with van der Waals surface area (Å²) in [6, 6.07) is 15.1. The Morgan fingerprint density at radius 2 is 1.69 bits per heavy atom. The van der Waals surface area contributed by atoms with Crippen molar-refractivity contribution >= 4 is 29.0 Å². The van der Waals surface area contributed by atoms with Gasteiger partial charge in [0.15, 0.2) is 28.6 Å². The summed E-state index contributed by atoms with van der Waals surface area (Å²) in [4.78, 5) is 28.0. The number of benzene rings is 2. The number of carbonyl (C=O) groups excluding carboxylic acids is 2. The third-order valence-corrected chi connectivity index (χ3v) is 12.6. The zero-order valence-corrected chi connectivity index (χ0v) is 26.2. The third-order valence-electron chi connectivity index (χ3n) is 11.6. The minimum absolute atomic E-state index is 0.0359. The predicted molar refractivity (Wildman–Crippen MR) is 164 cm³/mol. The van der Waals surface area contributed by atoms with Crippen molar-refractivity contribution in [3.05, 3.63) is 77.9 Å². The van der Waals surface area contributed by atoms with E-state index in [0.717, 1.165) is 15.9 Å². The highest BCUT2D eigenvalue weighted by Crippen LogP contribution is 2.73. The molecule has 4 fully saturated rings. The molecule has 7 nitrogen and oxygen atoms in total. The number of nitrogens with two attached hydrogens (primary N) is 1. The highest BCUT2D eigenvalue weighted by molar-refractivity contribution is 7.99. The topological polar surface area (TPSA) is 119 Å². The Balaban J connectivity index is 1.23. The summed E-state index contributed by atoms with van der Waals surface area (Å²) in [5.74, 6) is -4.02. The van der Waals surface area contributed by atoms with Gasteiger partial charge in [-0.15, -0.1) is 0 Å². The predicted octanol–water partition coefficient (Wildman–Crippen LogP) is 5.24. The number of nitrogen functional groups attached to an aromatic ring is 1. The second-order valence-electron chi connectivity index (χ2n) is 13.8. The van der Waals surface area contributed by atoms with Crippen molar-refractivity contribution in [1.29, 1.82) is 0 Å². The van der Waals surface area contributed by atoms with Crippen LogP contribution in [0.2, 0.25) is 0 Å². The zero-order chi connectivity index (χ0) is 32.2. The highest BCUT2D eigenvalue weighted by Gasteiger charge is 2.81. The molecule has 7 rings (SSSR count). The molecular weight excluding hydrogens is 600 g/mol. The van der Waals surface area contributed by atoms with E-state index in [1.54, 1.807) is 25.6 Å².